The molecule has 3 rings (SSSR count). The number of anilines is 1. The van der Waals surface area contributed by atoms with Crippen molar-refractivity contribution in [3.63, 3.8) is 0 Å². The summed E-state index contributed by atoms with van der Waals surface area (Å²) in [6, 6.07) is 13.1. The molecule has 0 fully saturated rings. The van der Waals surface area contributed by atoms with Crippen molar-refractivity contribution in [1.82, 2.24) is 4.90 Å². The molecule has 0 radical (unpaired) electrons. The van der Waals surface area contributed by atoms with E-state index in [-0.39, 0.29) is 18.3 Å². The van der Waals surface area contributed by atoms with Crippen molar-refractivity contribution in [2.45, 2.75) is 110 Å². The number of ether oxygens (including phenoxy) is 2. The summed E-state index contributed by atoms with van der Waals surface area (Å²) >= 11 is 1.78. The molecule has 0 saturated carbocycles. The van der Waals surface area contributed by atoms with E-state index in [9.17, 15) is 9.59 Å². The molecule has 0 atom stereocenters. The fourth-order valence-electron chi connectivity index (χ4n) is 5.20. The van der Waals surface area contributed by atoms with Crippen LogP contribution in [0.15, 0.2) is 54.1 Å². The monoisotopic (exact) mass is 608 g/mol. The fraction of sp³-hybridized carbons (Fsp3) is 0.556. The second-order valence-electron chi connectivity index (χ2n) is 11.5. The Hall–Kier alpha value is -2.93. The minimum absolute atomic E-state index is 0.0889. The van der Waals surface area contributed by atoms with Crippen LogP contribution in [0.1, 0.15) is 120 Å². The highest BCUT2D eigenvalue weighted by molar-refractivity contribution is 8.02. The van der Waals surface area contributed by atoms with Crippen LogP contribution in [0.4, 0.5) is 5.69 Å². The van der Waals surface area contributed by atoms with Crippen LogP contribution >= 0.6 is 11.8 Å². The summed E-state index contributed by atoms with van der Waals surface area (Å²) in [5.41, 5.74) is 2.38. The van der Waals surface area contributed by atoms with Crippen molar-refractivity contribution in [2.75, 3.05) is 24.4 Å². The first-order chi connectivity index (χ1) is 21.1. The second-order valence-corrected chi connectivity index (χ2v) is 12.4. The largest absolute Gasteiger partial charge is 0.489 e. The van der Waals surface area contributed by atoms with Gasteiger partial charge in [-0.05, 0) is 48.6 Å². The Balaban J connectivity index is 1.33. The summed E-state index contributed by atoms with van der Waals surface area (Å²) in [7, 11) is 0. The van der Waals surface area contributed by atoms with Crippen molar-refractivity contribution in [3.8, 4) is 11.5 Å². The van der Waals surface area contributed by atoms with Crippen LogP contribution < -0.4 is 14.8 Å². The Kier molecular flexibility index (Phi) is 16.8. The molecule has 0 saturated heterocycles. The quantitative estimate of drug-likeness (QED) is 0.100. The molecular weight excluding hydrogens is 556 g/mol. The minimum Gasteiger partial charge on any atom is -0.489 e. The van der Waals surface area contributed by atoms with E-state index in [0.29, 0.717) is 23.7 Å². The molecule has 0 bridgehead atoms. The van der Waals surface area contributed by atoms with Crippen molar-refractivity contribution >= 4 is 29.1 Å². The number of Topliss-reactive ketones (excluding diaryl/α,β-unsaturated/α-hetero) is 1. The molecule has 1 heterocycles. The van der Waals surface area contributed by atoms with E-state index in [0.717, 1.165) is 31.0 Å². The van der Waals surface area contributed by atoms with Gasteiger partial charge in [0.1, 0.15) is 0 Å². The average Bonchev–Trinajstić information content (AvgIpc) is 3.52. The van der Waals surface area contributed by atoms with Gasteiger partial charge in [0.15, 0.2) is 23.9 Å². The first kappa shape index (κ1) is 34.6. The Morgan fingerprint density at radius 1 is 0.814 bits per heavy atom. The molecule has 2 aromatic carbocycles. The predicted octanol–water partition coefficient (Wildman–Crippen LogP) is 9.74. The number of rotatable bonds is 23. The molecule has 0 unspecified atom stereocenters. The summed E-state index contributed by atoms with van der Waals surface area (Å²) in [6.07, 6.45) is 20.3. The Morgan fingerprint density at radius 3 is 2.02 bits per heavy atom. The smallest absolute Gasteiger partial charge is 0.262 e. The number of nitrogens with zero attached hydrogens (tertiary/aromatic N) is 1. The van der Waals surface area contributed by atoms with Crippen LogP contribution in [0.2, 0.25) is 0 Å². The van der Waals surface area contributed by atoms with Crippen molar-refractivity contribution < 1.29 is 19.1 Å². The van der Waals surface area contributed by atoms with Crippen molar-refractivity contribution in [1.29, 1.82) is 0 Å². The molecule has 1 aliphatic heterocycles. The molecule has 2 aromatic rings. The maximum atomic E-state index is 12.6. The molecule has 236 valence electrons. The number of hydrogen-bond acceptors (Lipinski definition) is 6. The zero-order chi connectivity index (χ0) is 30.5. The standard InChI is InChI=1S/C36H52N2O4S/c1-3-4-5-6-7-8-9-10-11-12-13-14-15-16-25-41-36-33(30(2)39)18-17-19-34(36)42-28-35(40)37-32-22-20-31(21-23-32)27-38-24-26-43-29-38/h17-24,26H,3-16,25,27-29H2,1-2H3,(H,37,40). The molecule has 6 nitrogen and oxygen atoms in total. The van der Waals surface area contributed by atoms with Crippen LogP contribution in [0, 0.1) is 0 Å². The van der Waals surface area contributed by atoms with E-state index in [4.69, 9.17) is 9.47 Å². The van der Waals surface area contributed by atoms with Gasteiger partial charge in [-0.2, -0.15) is 0 Å². The first-order valence-corrected chi connectivity index (χ1v) is 17.4. The molecule has 1 aliphatic rings. The molecule has 1 N–H and O–H groups in total. The summed E-state index contributed by atoms with van der Waals surface area (Å²) in [4.78, 5) is 27.1. The van der Waals surface area contributed by atoms with Gasteiger partial charge in [0, 0.05) is 18.4 Å². The van der Waals surface area contributed by atoms with Gasteiger partial charge in [-0.25, -0.2) is 0 Å². The third-order valence-electron chi connectivity index (χ3n) is 7.69. The highest BCUT2D eigenvalue weighted by atomic mass is 32.2. The van der Waals surface area contributed by atoms with Crippen LogP contribution in [-0.2, 0) is 11.3 Å². The lowest BCUT2D eigenvalue weighted by molar-refractivity contribution is -0.118. The zero-order valence-corrected chi connectivity index (χ0v) is 27.2. The van der Waals surface area contributed by atoms with Gasteiger partial charge in [0.2, 0.25) is 0 Å². The summed E-state index contributed by atoms with van der Waals surface area (Å²) < 4.78 is 11.9. The van der Waals surface area contributed by atoms with E-state index in [1.807, 2.05) is 24.3 Å². The zero-order valence-electron chi connectivity index (χ0n) is 26.4. The van der Waals surface area contributed by atoms with Crippen LogP contribution in [0.25, 0.3) is 0 Å². The number of unbranched alkanes of at least 4 members (excludes halogenated alkanes) is 13. The van der Waals surface area contributed by atoms with Gasteiger partial charge in [-0.3, -0.25) is 9.59 Å². The van der Waals surface area contributed by atoms with E-state index < -0.39 is 0 Å². The first-order valence-electron chi connectivity index (χ1n) is 16.4. The number of ketones is 1. The predicted molar refractivity (Wildman–Crippen MR) is 180 cm³/mol. The maximum absolute atomic E-state index is 12.6. The van der Waals surface area contributed by atoms with Gasteiger partial charge in [0.05, 0.1) is 18.0 Å². The third-order valence-corrected chi connectivity index (χ3v) is 8.49. The summed E-state index contributed by atoms with van der Waals surface area (Å²) in [6.45, 7) is 4.98. The normalized spacial score (nSPS) is 12.5. The van der Waals surface area contributed by atoms with Crippen LogP contribution in [-0.4, -0.2) is 35.7 Å². The minimum atomic E-state index is -0.266. The van der Waals surface area contributed by atoms with E-state index in [2.05, 4.69) is 28.7 Å². The lowest BCUT2D eigenvalue weighted by Gasteiger charge is -2.16. The number of thioether (sulfide) groups is 1. The molecule has 0 aliphatic carbocycles. The highest BCUT2D eigenvalue weighted by Crippen LogP contribution is 2.32. The fourth-order valence-corrected chi connectivity index (χ4v) is 5.92. The lowest BCUT2D eigenvalue weighted by Crippen LogP contribution is -2.20. The van der Waals surface area contributed by atoms with E-state index in [1.54, 1.807) is 30.0 Å². The van der Waals surface area contributed by atoms with Crippen LogP contribution in [0.3, 0.4) is 0 Å². The third kappa shape index (κ3) is 13.9. The molecule has 0 spiro atoms. The van der Waals surface area contributed by atoms with Gasteiger partial charge >= 0.3 is 0 Å². The second kappa shape index (κ2) is 20.9. The maximum Gasteiger partial charge on any atom is 0.262 e. The van der Waals surface area contributed by atoms with E-state index in [1.165, 1.54) is 89.5 Å². The number of carbonyl (C=O) groups is 2. The van der Waals surface area contributed by atoms with Crippen LogP contribution in [0.5, 0.6) is 11.5 Å². The van der Waals surface area contributed by atoms with Crippen molar-refractivity contribution in [2.24, 2.45) is 0 Å². The van der Waals surface area contributed by atoms with Gasteiger partial charge in [-0.15, -0.1) is 11.8 Å². The summed E-state index contributed by atoms with van der Waals surface area (Å²) in [5.74, 6) is 1.45. The molecular formula is C36H52N2O4S. The van der Waals surface area contributed by atoms with Crippen molar-refractivity contribution in [3.05, 3.63) is 65.2 Å². The number of nitrogens with one attached hydrogen (secondary N) is 1. The number of benzene rings is 2. The Labute approximate surface area is 264 Å². The van der Waals surface area contributed by atoms with E-state index >= 15 is 0 Å². The highest BCUT2D eigenvalue weighted by Gasteiger charge is 2.16. The molecule has 0 aromatic heterocycles. The summed E-state index contributed by atoms with van der Waals surface area (Å²) in [5, 5.41) is 4.98. The lowest BCUT2D eigenvalue weighted by atomic mass is 10.0. The number of carbonyl (C=O) groups excluding carboxylic acids is 2. The molecule has 7 heteroatoms. The Morgan fingerprint density at radius 2 is 1.44 bits per heavy atom. The number of hydrogen-bond donors (Lipinski definition) is 1. The number of amides is 1. The van der Waals surface area contributed by atoms with Gasteiger partial charge in [-0.1, -0.05) is 109 Å². The average molecular weight is 609 g/mol. The van der Waals surface area contributed by atoms with Gasteiger partial charge < -0.3 is 19.7 Å². The molecule has 1 amide bonds. The Bertz CT molecular complexity index is 1120. The number of para-hydroxylation sites is 1. The SMILES string of the molecule is CCCCCCCCCCCCCCCCOc1c(OCC(=O)Nc2ccc(CN3C=CSC3)cc2)cccc1C(C)=O. The van der Waals surface area contributed by atoms with Gasteiger partial charge in [0.25, 0.3) is 5.91 Å². The topological polar surface area (TPSA) is 67.9 Å². The molecule has 43 heavy (non-hydrogen) atoms.